The molecule has 0 aliphatic rings. The number of aryl methyl sites for hydroxylation is 1. The Balaban J connectivity index is 2.75. The van der Waals surface area contributed by atoms with E-state index < -0.39 is 0 Å². The molecule has 1 aromatic heterocycles. The van der Waals surface area contributed by atoms with Crippen molar-refractivity contribution in [3.8, 4) is 0 Å². The van der Waals surface area contributed by atoms with Gasteiger partial charge in [-0.25, -0.2) is 0 Å². The Morgan fingerprint density at radius 3 is 3.00 bits per heavy atom. The number of aliphatic hydroxyl groups excluding tert-OH is 1. The summed E-state index contributed by atoms with van der Waals surface area (Å²) in [6.07, 6.45) is 1.59. The number of hydrogen-bond acceptors (Lipinski definition) is 4. The molecule has 0 radical (unpaired) electrons. The Labute approximate surface area is 88.0 Å². The lowest BCUT2D eigenvalue weighted by Crippen LogP contribution is -2.33. The maximum absolute atomic E-state index is 11.8. The summed E-state index contributed by atoms with van der Waals surface area (Å²) in [7, 11) is 0. The molecule has 1 amide bonds. The van der Waals surface area contributed by atoms with Crippen LogP contribution in [0.15, 0.2) is 23.2 Å². The van der Waals surface area contributed by atoms with E-state index in [-0.39, 0.29) is 24.8 Å². The summed E-state index contributed by atoms with van der Waals surface area (Å²) in [6, 6.07) is 1.57. The molecule has 0 atom stereocenters. The van der Waals surface area contributed by atoms with Crippen LogP contribution in [0.4, 0.5) is 0 Å². The third-order valence-corrected chi connectivity index (χ3v) is 1.85. The van der Waals surface area contributed by atoms with Gasteiger partial charge in [0.2, 0.25) is 5.76 Å². The van der Waals surface area contributed by atoms with Crippen molar-refractivity contribution in [3.63, 3.8) is 0 Å². The van der Waals surface area contributed by atoms with Gasteiger partial charge in [-0.15, -0.1) is 6.58 Å². The van der Waals surface area contributed by atoms with Gasteiger partial charge in [0.25, 0.3) is 5.91 Å². The summed E-state index contributed by atoms with van der Waals surface area (Å²) in [5.41, 5.74) is 0.654. The van der Waals surface area contributed by atoms with Crippen molar-refractivity contribution in [1.29, 1.82) is 0 Å². The molecule has 1 N–H and O–H groups in total. The van der Waals surface area contributed by atoms with Crippen molar-refractivity contribution < 1.29 is 14.4 Å². The minimum absolute atomic E-state index is 0.0906. The van der Waals surface area contributed by atoms with Crippen molar-refractivity contribution >= 4 is 5.91 Å². The van der Waals surface area contributed by atoms with Gasteiger partial charge in [0.15, 0.2) is 0 Å². The van der Waals surface area contributed by atoms with Gasteiger partial charge < -0.3 is 14.5 Å². The van der Waals surface area contributed by atoms with Crippen molar-refractivity contribution in [1.82, 2.24) is 10.1 Å². The number of rotatable bonds is 5. The quantitative estimate of drug-likeness (QED) is 0.723. The van der Waals surface area contributed by atoms with Gasteiger partial charge in [0.1, 0.15) is 0 Å². The third kappa shape index (κ3) is 2.92. The molecule has 0 aliphatic carbocycles. The van der Waals surface area contributed by atoms with Gasteiger partial charge in [-0.1, -0.05) is 11.2 Å². The van der Waals surface area contributed by atoms with Crippen LogP contribution in [-0.2, 0) is 0 Å². The zero-order valence-electron chi connectivity index (χ0n) is 8.64. The highest BCUT2D eigenvalue weighted by Crippen LogP contribution is 2.06. The molecule has 1 heterocycles. The highest BCUT2D eigenvalue weighted by atomic mass is 16.5. The molecule has 5 heteroatoms. The van der Waals surface area contributed by atoms with Crippen molar-refractivity contribution in [2.45, 2.75) is 6.92 Å². The van der Waals surface area contributed by atoms with Gasteiger partial charge >= 0.3 is 0 Å². The van der Waals surface area contributed by atoms with Gasteiger partial charge in [0.05, 0.1) is 12.3 Å². The lowest BCUT2D eigenvalue weighted by molar-refractivity contribution is 0.0701. The third-order valence-electron chi connectivity index (χ3n) is 1.85. The van der Waals surface area contributed by atoms with Crippen LogP contribution in [0.3, 0.4) is 0 Å². The number of hydrogen-bond donors (Lipinski definition) is 1. The summed E-state index contributed by atoms with van der Waals surface area (Å²) in [5, 5.41) is 12.4. The zero-order valence-corrected chi connectivity index (χ0v) is 8.64. The lowest BCUT2D eigenvalue weighted by Gasteiger charge is -2.17. The number of carbonyl (C=O) groups excluding carboxylic acids is 1. The molecular weight excluding hydrogens is 196 g/mol. The number of aliphatic hydroxyl groups is 1. The van der Waals surface area contributed by atoms with Crippen LogP contribution in [0.1, 0.15) is 16.2 Å². The van der Waals surface area contributed by atoms with E-state index in [4.69, 9.17) is 9.63 Å². The van der Waals surface area contributed by atoms with Crippen molar-refractivity contribution in [2.75, 3.05) is 19.7 Å². The molecule has 0 saturated carbocycles. The summed E-state index contributed by atoms with van der Waals surface area (Å²) in [5.74, 6) is -0.104. The molecule has 15 heavy (non-hydrogen) atoms. The van der Waals surface area contributed by atoms with E-state index in [1.54, 1.807) is 19.1 Å². The highest BCUT2D eigenvalue weighted by molar-refractivity contribution is 5.91. The van der Waals surface area contributed by atoms with Crippen LogP contribution in [-0.4, -0.2) is 40.8 Å². The van der Waals surface area contributed by atoms with Crippen LogP contribution in [0.5, 0.6) is 0 Å². The Bertz CT molecular complexity index is 346. The van der Waals surface area contributed by atoms with E-state index in [2.05, 4.69) is 11.7 Å². The monoisotopic (exact) mass is 210 g/mol. The normalized spacial score (nSPS) is 10.0. The van der Waals surface area contributed by atoms with Crippen molar-refractivity contribution in [2.24, 2.45) is 0 Å². The van der Waals surface area contributed by atoms with Crippen molar-refractivity contribution in [3.05, 3.63) is 30.2 Å². The first-order valence-electron chi connectivity index (χ1n) is 4.63. The smallest absolute Gasteiger partial charge is 0.292 e. The molecule has 0 bridgehead atoms. The molecule has 0 fully saturated rings. The summed E-state index contributed by atoms with van der Waals surface area (Å²) in [6.45, 7) is 5.82. The molecule has 0 unspecified atom stereocenters. The first-order valence-corrected chi connectivity index (χ1v) is 4.63. The molecule has 1 aromatic rings. The minimum atomic E-state index is -0.287. The number of carbonyl (C=O) groups is 1. The maximum atomic E-state index is 11.8. The molecular formula is C10H14N2O3. The molecule has 5 nitrogen and oxygen atoms in total. The van der Waals surface area contributed by atoms with Crippen LogP contribution in [0.2, 0.25) is 0 Å². The highest BCUT2D eigenvalue weighted by Gasteiger charge is 2.18. The van der Waals surface area contributed by atoms with Gasteiger partial charge in [-0.2, -0.15) is 0 Å². The summed E-state index contributed by atoms with van der Waals surface area (Å²) < 4.78 is 4.84. The fourth-order valence-corrected chi connectivity index (χ4v) is 1.17. The lowest BCUT2D eigenvalue weighted by atomic mass is 10.3. The maximum Gasteiger partial charge on any atom is 0.292 e. The topological polar surface area (TPSA) is 66.6 Å². The SMILES string of the molecule is C=CCN(CCO)C(=O)c1cc(C)no1. The zero-order chi connectivity index (χ0) is 11.3. The van der Waals surface area contributed by atoms with E-state index in [0.29, 0.717) is 12.2 Å². The molecule has 0 spiro atoms. The summed E-state index contributed by atoms with van der Waals surface area (Å²) in [4.78, 5) is 13.2. The van der Waals surface area contributed by atoms with Crippen LogP contribution in [0.25, 0.3) is 0 Å². The molecule has 0 aliphatic heterocycles. The first-order chi connectivity index (χ1) is 7.19. The Hall–Kier alpha value is -1.62. The fourth-order valence-electron chi connectivity index (χ4n) is 1.17. The second-order valence-corrected chi connectivity index (χ2v) is 3.10. The summed E-state index contributed by atoms with van der Waals surface area (Å²) >= 11 is 0. The van der Waals surface area contributed by atoms with Crippen LogP contribution >= 0.6 is 0 Å². The van der Waals surface area contributed by atoms with Crippen LogP contribution in [0, 0.1) is 6.92 Å². The minimum Gasteiger partial charge on any atom is -0.395 e. The second-order valence-electron chi connectivity index (χ2n) is 3.10. The van der Waals surface area contributed by atoms with E-state index in [1.807, 2.05) is 0 Å². The second kappa shape index (κ2) is 5.31. The number of aromatic nitrogens is 1. The fraction of sp³-hybridized carbons (Fsp3) is 0.400. The van der Waals surface area contributed by atoms with Gasteiger partial charge in [-0.3, -0.25) is 4.79 Å². The average molecular weight is 210 g/mol. The van der Waals surface area contributed by atoms with Gasteiger partial charge in [-0.05, 0) is 6.92 Å². The predicted molar refractivity (Wildman–Crippen MR) is 54.4 cm³/mol. The average Bonchev–Trinajstić information content (AvgIpc) is 2.63. The molecule has 1 rings (SSSR count). The standard InChI is InChI=1S/C10H14N2O3/c1-3-4-12(5-6-13)10(14)9-7-8(2)11-15-9/h3,7,13H,1,4-6H2,2H3. The Kier molecular flexibility index (Phi) is 4.05. The van der Waals surface area contributed by atoms with E-state index in [9.17, 15) is 4.79 Å². The number of amides is 1. The largest absolute Gasteiger partial charge is 0.395 e. The predicted octanol–water partition coefficient (Wildman–Crippen LogP) is 0.604. The Morgan fingerprint density at radius 1 is 1.80 bits per heavy atom. The van der Waals surface area contributed by atoms with Gasteiger partial charge in [0, 0.05) is 19.2 Å². The van der Waals surface area contributed by atoms with E-state index >= 15 is 0 Å². The molecule has 82 valence electrons. The van der Waals surface area contributed by atoms with Crippen LogP contribution < -0.4 is 0 Å². The first kappa shape index (κ1) is 11.5. The number of nitrogens with zero attached hydrogens (tertiary/aromatic N) is 2. The van der Waals surface area contributed by atoms with E-state index in [0.717, 1.165) is 0 Å². The van der Waals surface area contributed by atoms with E-state index in [1.165, 1.54) is 4.90 Å². The molecule has 0 aromatic carbocycles. The molecule has 0 saturated heterocycles. The Morgan fingerprint density at radius 2 is 2.53 bits per heavy atom.